The Kier molecular flexibility index (Phi) is 22.6. The topological polar surface area (TPSA) is 281 Å². The molecule has 4 aromatic carbocycles. The van der Waals surface area contributed by atoms with Gasteiger partial charge in [0.2, 0.25) is 23.6 Å². The van der Waals surface area contributed by atoms with E-state index in [1.165, 1.54) is 36.2 Å². The number of hydrogen-bond acceptors (Lipinski definition) is 16. The van der Waals surface area contributed by atoms with Gasteiger partial charge in [0.05, 0.1) is 36.7 Å². The van der Waals surface area contributed by atoms with Gasteiger partial charge in [0.1, 0.15) is 23.8 Å². The zero-order valence-electron chi connectivity index (χ0n) is 53.8. The molecule has 0 spiro atoms. The molecule has 94 heavy (non-hydrogen) atoms. The second-order valence-corrected chi connectivity index (χ2v) is 25.3. The molecule has 9 amide bonds. The Labute approximate surface area is 552 Å². The summed E-state index contributed by atoms with van der Waals surface area (Å²) < 4.78 is 30.3. The highest BCUT2D eigenvalue weighted by Crippen LogP contribution is 2.49. The zero-order chi connectivity index (χ0) is 66.6. The molecule has 24 nitrogen and oxygen atoms in total. The molecule has 6 aliphatic rings. The third-order valence-corrected chi connectivity index (χ3v) is 19.1. The maximum Gasteiger partial charge on any atom is 0.416 e. The lowest BCUT2D eigenvalue weighted by Gasteiger charge is -2.39. The molecule has 4 unspecified atom stereocenters. The maximum absolute atomic E-state index is 14.6. The maximum atomic E-state index is 14.6. The summed E-state index contributed by atoms with van der Waals surface area (Å²) >= 11 is 6.65. The fraction of sp³-hybridized carbons (Fsp3) is 0.493. The number of nitrogens with zero attached hydrogens (tertiary/aromatic N) is 6. The molecule has 2 saturated heterocycles. The summed E-state index contributed by atoms with van der Waals surface area (Å²) in [7, 11) is 4.96. The molecule has 5 heterocycles. The molecule has 4 aromatic rings. The van der Waals surface area contributed by atoms with Crippen molar-refractivity contribution in [1.29, 1.82) is 0 Å². The Hall–Kier alpha value is -8.58. The van der Waals surface area contributed by atoms with Gasteiger partial charge in [-0.05, 0) is 132 Å². The summed E-state index contributed by atoms with van der Waals surface area (Å²) in [6.07, 6.45) is 8.05. The summed E-state index contributed by atoms with van der Waals surface area (Å²) in [5.41, 5.74) is 7.35. The Morgan fingerprint density at radius 3 is 2.19 bits per heavy atom. The Bertz CT molecular complexity index is 3540. The molecule has 25 heteroatoms. The normalized spacial score (nSPS) is 19.2. The minimum absolute atomic E-state index is 0.118. The number of ether oxygens (including phenoxy) is 5. The van der Waals surface area contributed by atoms with Crippen molar-refractivity contribution >= 4 is 93.0 Å². The van der Waals surface area contributed by atoms with E-state index >= 15 is 0 Å². The fourth-order valence-electron chi connectivity index (χ4n) is 13.2. The van der Waals surface area contributed by atoms with E-state index in [0.29, 0.717) is 144 Å². The molecule has 1 saturated carbocycles. The standard InChI is InChI=1S/C69H85ClN10O14/c1-44(70)50-42-79(54-41-55(47-17-8-9-18-48(47)61(50)54)94-67(88)76-36-34-75(2)35-37-76)58(81)21-7-5-14-38-92-57-40-53-49(39-56(57)90-3)63(85)77-33-15-20-52(77)64(91-4)80(53)68(89)93-43-45-22-24-46(25-23-45)73-62(84)51(19-10-11-30-71)74-66(87)69(28-16-29-69)65(86)72-31-12-6-13-32-78-59(82)26-27-60(78)83/h8-9,17-18,22-27,39-41,50-52,64H,1,5-7,10-16,19-21,28-38,42-43,71H2,2-4H3,(H,72,86)(H,73,84)(H,74,87). The first-order valence-corrected chi connectivity index (χ1v) is 33.1. The van der Waals surface area contributed by atoms with E-state index in [-0.39, 0.29) is 91.4 Å². The highest BCUT2D eigenvalue weighted by Gasteiger charge is 2.52. The Morgan fingerprint density at radius 1 is 0.777 bits per heavy atom. The average Bonchev–Trinajstić information content (AvgIpc) is 1.56. The first-order chi connectivity index (χ1) is 45.4. The number of carbonyl (C=O) groups is 9. The number of piperazine rings is 1. The number of carbonyl (C=O) groups excluding carboxylic acids is 9. The van der Waals surface area contributed by atoms with Crippen LogP contribution in [0.25, 0.3) is 10.8 Å². The second kappa shape index (κ2) is 31.1. The number of hydrogen-bond donors (Lipinski definition) is 4. The van der Waals surface area contributed by atoms with Crippen molar-refractivity contribution in [3.63, 3.8) is 0 Å². The van der Waals surface area contributed by atoms with E-state index in [2.05, 4.69) is 27.4 Å². The van der Waals surface area contributed by atoms with Gasteiger partial charge in [-0.1, -0.05) is 61.0 Å². The smallest absolute Gasteiger partial charge is 0.416 e. The number of imide groups is 1. The molecule has 502 valence electrons. The minimum Gasteiger partial charge on any atom is -0.493 e. The van der Waals surface area contributed by atoms with Gasteiger partial charge in [-0.25, -0.2) is 14.5 Å². The summed E-state index contributed by atoms with van der Waals surface area (Å²) in [5, 5.41) is 10.6. The van der Waals surface area contributed by atoms with E-state index in [0.717, 1.165) is 29.4 Å². The van der Waals surface area contributed by atoms with Gasteiger partial charge >= 0.3 is 12.2 Å². The SMILES string of the molecule is C=C(Cl)C1CN(C(=O)CCCCCOc2cc3c(cc2OC)C(=O)N2CCCC2C(OC)N3C(=O)OCc2ccc(NC(=O)C(CCCCN)NC(=O)C3(C(=O)NCCCCCN4C(=O)C=CC4=O)CCC3)cc2)c2cc(OC(=O)N3CCN(C)CC3)c3ccccc3c21. The fourth-order valence-corrected chi connectivity index (χ4v) is 13.4. The number of fused-ring (bicyclic) bond motifs is 5. The van der Waals surface area contributed by atoms with Crippen molar-refractivity contribution in [3.8, 4) is 17.2 Å². The van der Waals surface area contributed by atoms with Gasteiger partial charge in [0.15, 0.2) is 17.7 Å². The lowest BCUT2D eigenvalue weighted by Crippen LogP contribution is -2.58. The number of nitrogens with two attached hydrogens (primary N) is 1. The number of amides is 9. The molecule has 0 radical (unpaired) electrons. The van der Waals surface area contributed by atoms with E-state index < -0.39 is 53.6 Å². The number of rotatable bonds is 28. The van der Waals surface area contributed by atoms with Crippen LogP contribution in [0.3, 0.4) is 0 Å². The molecular weight excluding hydrogens is 1230 g/mol. The van der Waals surface area contributed by atoms with Crippen LogP contribution in [-0.4, -0.2) is 178 Å². The molecule has 5 aliphatic heterocycles. The Balaban J connectivity index is 0.747. The number of halogens is 1. The van der Waals surface area contributed by atoms with Crippen LogP contribution in [0.15, 0.2) is 90.5 Å². The quantitative estimate of drug-likeness (QED) is 0.0237. The summed E-state index contributed by atoms with van der Waals surface area (Å²) in [6.45, 7) is 8.35. The van der Waals surface area contributed by atoms with E-state index in [1.54, 1.807) is 57.2 Å². The van der Waals surface area contributed by atoms with Crippen molar-refractivity contribution in [2.75, 3.05) is 102 Å². The lowest BCUT2D eigenvalue weighted by atomic mass is 9.67. The molecule has 4 atom stereocenters. The highest BCUT2D eigenvalue weighted by atomic mass is 35.5. The molecule has 0 bridgehead atoms. The summed E-state index contributed by atoms with van der Waals surface area (Å²) in [5.74, 6) is -1.94. The van der Waals surface area contributed by atoms with Crippen LogP contribution in [0.1, 0.15) is 124 Å². The molecule has 1 aliphatic carbocycles. The molecule has 0 aromatic heterocycles. The van der Waals surface area contributed by atoms with Crippen LogP contribution >= 0.6 is 11.6 Å². The van der Waals surface area contributed by atoms with Crippen molar-refractivity contribution < 1.29 is 66.8 Å². The number of likely N-dealkylation sites (N-methyl/N-ethyl adjacent to an activating group) is 1. The van der Waals surface area contributed by atoms with Gasteiger partial charge in [0.25, 0.3) is 17.7 Å². The first-order valence-electron chi connectivity index (χ1n) is 32.7. The highest BCUT2D eigenvalue weighted by molar-refractivity contribution is 6.30. The van der Waals surface area contributed by atoms with Gasteiger partial charge in [0, 0.05) is 112 Å². The number of nitrogens with one attached hydrogen (secondary N) is 3. The van der Waals surface area contributed by atoms with Crippen LogP contribution in [0.2, 0.25) is 0 Å². The van der Waals surface area contributed by atoms with Gasteiger partial charge in [-0.3, -0.25) is 38.5 Å². The van der Waals surface area contributed by atoms with Crippen LogP contribution < -0.4 is 45.7 Å². The van der Waals surface area contributed by atoms with Gasteiger partial charge in [-0.15, -0.1) is 0 Å². The Morgan fingerprint density at radius 2 is 1.50 bits per heavy atom. The van der Waals surface area contributed by atoms with Crippen LogP contribution in [-0.2, 0) is 44.8 Å². The van der Waals surface area contributed by atoms with Crippen molar-refractivity contribution in [2.24, 2.45) is 11.1 Å². The van der Waals surface area contributed by atoms with E-state index in [1.807, 2.05) is 31.3 Å². The summed E-state index contributed by atoms with van der Waals surface area (Å²) in [4.78, 5) is 132. The monoisotopic (exact) mass is 1310 g/mol. The molecule has 10 rings (SSSR count). The summed E-state index contributed by atoms with van der Waals surface area (Å²) in [6, 6.07) is 17.8. The van der Waals surface area contributed by atoms with Crippen LogP contribution in [0.4, 0.5) is 26.7 Å². The van der Waals surface area contributed by atoms with E-state index in [9.17, 15) is 43.2 Å². The van der Waals surface area contributed by atoms with Crippen molar-refractivity contribution in [2.45, 2.75) is 127 Å². The number of methoxy groups -OCH3 is 2. The average molecular weight is 1310 g/mol. The molecule has 3 fully saturated rings. The van der Waals surface area contributed by atoms with Crippen molar-refractivity contribution in [3.05, 3.63) is 107 Å². The predicted molar refractivity (Wildman–Crippen MR) is 353 cm³/mol. The molecule has 5 N–H and O–H groups in total. The number of unbranched alkanes of at least 4 members (excludes halogenated alkanes) is 5. The third kappa shape index (κ3) is 15.1. The first kappa shape index (κ1) is 68.3. The third-order valence-electron chi connectivity index (χ3n) is 18.8. The van der Waals surface area contributed by atoms with Crippen LogP contribution in [0, 0.1) is 5.41 Å². The minimum atomic E-state index is -1.32. The van der Waals surface area contributed by atoms with Crippen molar-refractivity contribution in [1.82, 2.24) is 30.2 Å². The number of anilines is 3. The largest absolute Gasteiger partial charge is 0.493 e. The van der Waals surface area contributed by atoms with Gasteiger partial charge in [-0.2, -0.15) is 0 Å². The van der Waals surface area contributed by atoms with E-state index in [4.69, 9.17) is 41.0 Å². The van der Waals surface area contributed by atoms with Crippen LogP contribution in [0.5, 0.6) is 17.2 Å². The van der Waals surface area contributed by atoms with Gasteiger partial charge < -0.3 is 65.0 Å². The number of benzene rings is 4. The lowest BCUT2D eigenvalue weighted by molar-refractivity contribution is -0.151. The predicted octanol–water partition coefficient (Wildman–Crippen LogP) is 8.08. The zero-order valence-corrected chi connectivity index (χ0v) is 54.5. The molecular formula is C69H85ClN10O14. The second-order valence-electron chi connectivity index (χ2n) is 24.9.